The van der Waals surface area contributed by atoms with E-state index in [0.29, 0.717) is 17.7 Å². The van der Waals surface area contributed by atoms with Crippen LogP contribution in [0.4, 0.5) is 5.69 Å². The van der Waals surface area contributed by atoms with Crippen molar-refractivity contribution in [3.63, 3.8) is 0 Å². The second-order valence-electron chi connectivity index (χ2n) is 6.67. The van der Waals surface area contributed by atoms with E-state index in [1.807, 2.05) is 25.1 Å². The van der Waals surface area contributed by atoms with Crippen molar-refractivity contribution in [3.05, 3.63) is 59.4 Å². The number of aryl methyl sites for hydroxylation is 1. The summed E-state index contributed by atoms with van der Waals surface area (Å²) in [6, 6.07) is 9.99. The molecule has 0 aliphatic carbocycles. The summed E-state index contributed by atoms with van der Waals surface area (Å²) in [6.45, 7) is 1.89. The van der Waals surface area contributed by atoms with Crippen LogP contribution in [-0.4, -0.2) is 54.7 Å². The van der Waals surface area contributed by atoms with Gasteiger partial charge in [0.2, 0.25) is 0 Å². The largest absolute Gasteiger partial charge is 0.336 e. The molecule has 1 N–H and O–H groups in total. The van der Waals surface area contributed by atoms with Crippen LogP contribution in [0.1, 0.15) is 32.8 Å². The van der Waals surface area contributed by atoms with Crippen LogP contribution in [-0.2, 0) is 9.84 Å². The standard InChI is InChI=1S/C19H21N3O4S/c1-13-5-3-4-6-16(13)21-18(23)14-7-9-20-17(11-14)19(24)22(2)15-8-10-27(25,26)12-15/h3-7,9,11,15H,8,10,12H2,1-2H3,(H,21,23). The summed E-state index contributed by atoms with van der Waals surface area (Å²) < 4.78 is 23.3. The first-order valence-electron chi connectivity index (χ1n) is 8.57. The normalized spacial score (nSPS) is 18.1. The predicted octanol–water partition coefficient (Wildman–Crippen LogP) is 1.90. The number of pyridine rings is 1. The van der Waals surface area contributed by atoms with E-state index in [1.54, 1.807) is 13.1 Å². The third kappa shape index (κ3) is 4.33. The number of nitrogens with one attached hydrogen (secondary N) is 1. The minimum absolute atomic E-state index is 0.0390. The molecule has 0 spiro atoms. The Labute approximate surface area is 158 Å². The van der Waals surface area contributed by atoms with E-state index in [1.165, 1.54) is 23.2 Å². The molecule has 2 amide bonds. The molecule has 2 heterocycles. The number of carbonyl (C=O) groups is 2. The van der Waals surface area contributed by atoms with Crippen LogP contribution in [0, 0.1) is 6.92 Å². The number of hydrogen-bond acceptors (Lipinski definition) is 5. The highest BCUT2D eigenvalue weighted by molar-refractivity contribution is 7.91. The number of nitrogens with zero attached hydrogens (tertiary/aromatic N) is 2. The number of sulfone groups is 1. The Morgan fingerprint density at radius 1 is 1.22 bits per heavy atom. The molecule has 1 aromatic carbocycles. The van der Waals surface area contributed by atoms with Gasteiger partial charge in [-0.2, -0.15) is 0 Å². The summed E-state index contributed by atoms with van der Waals surface area (Å²) in [5.74, 6) is -0.695. The van der Waals surface area contributed by atoms with Gasteiger partial charge in [0.1, 0.15) is 5.69 Å². The highest BCUT2D eigenvalue weighted by Gasteiger charge is 2.33. The number of amides is 2. The molecule has 1 aromatic heterocycles. The van der Waals surface area contributed by atoms with Gasteiger partial charge in [-0.05, 0) is 37.1 Å². The van der Waals surface area contributed by atoms with Gasteiger partial charge in [-0.1, -0.05) is 18.2 Å². The van der Waals surface area contributed by atoms with Crippen molar-refractivity contribution in [1.82, 2.24) is 9.88 Å². The molecule has 7 nitrogen and oxygen atoms in total. The molecule has 2 aromatic rings. The monoisotopic (exact) mass is 387 g/mol. The van der Waals surface area contributed by atoms with Crippen LogP contribution in [0.3, 0.4) is 0 Å². The number of benzene rings is 1. The molecule has 0 saturated carbocycles. The Hall–Kier alpha value is -2.74. The highest BCUT2D eigenvalue weighted by atomic mass is 32.2. The van der Waals surface area contributed by atoms with Gasteiger partial charge in [0, 0.05) is 30.5 Å². The zero-order valence-electron chi connectivity index (χ0n) is 15.2. The van der Waals surface area contributed by atoms with Crippen molar-refractivity contribution in [2.45, 2.75) is 19.4 Å². The fourth-order valence-corrected chi connectivity index (χ4v) is 4.80. The van der Waals surface area contributed by atoms with Gasteiger partial charge in [0.05, 0.1) is 11.5 Å². The zero-order valence-corrected chi connectivity index (χ0v) is 16.0. The van der Waals surface area contributed by atoms with Crippen molar-refractivity contribution in [2.24, 2.45) is 0 Å². The molecule has 1 aliphatic rings. The zero-order chi connectivity index (χ0) is 19.6. The van der Waals surface area contributed by atoms with Gasteiger partial charge in [-0.3, -0.25) is 14.6 Å². The Kier molecular flexibility index (Phi) is 5.27. The van der Waals surface area contributed by atoms with Crippen molar-refractivity contribution < 1.29 is 18.0 Å². The SMILES string of the molecule is Cc1ccccc1NC(=O)c1ccnc(C(=O)N(C)C2CCS(=O)(=O)C2)c1. The molecule has 1 unspecified atom stereocenters. The third-order valence-corrected chi connectivity index (χ3v) is 6.46. The summed E-state index contributed by atoms with van der Waals surface area (Å²) >= 11 is 0. The van der Waals surface area contributed by atoms with Crippen molar-refractivity contribution in [3.8, 4) is 0 Å². The van der Waals surface area contributed by atoms with Crippen LogP contribution in [0.15, 0.2) is 42.6 Å². The van der Waals surface area contributed by atoms with Crippen molar-refractivity contribution in [1.29, 1.82) is 0 Å². The van der Waals surface area contributed by atoms with Crippen LogP contribution in [0.2, 0.25) is 0 Å². The lowest BCUT2D eigenvalue weighted by Gasteiger charge is -2.23. The maximum atomic E-state index is 12.7. The summed E-state index contributed by atoms with van der Waals surface area (Å²) in [7, 11) is -1.53. The van der Waals surface area contributed by atoms with Gasteiger partial charge in [0.25, 0.3) is 11.8 Å². The molecule has 3 rings (SSSR count). The Balaban J connectivity index is 1.76. The molecule has 1 saturated heterocycles. The molecule has 8 heteroatoms. The molecule has 0 radical (unpaired) electrons. The van der Waals surface area contributed by atoms with Crippen molar-refractivity contribution in [2.75, 3.05) is 23.9 Å². The second kappa shape index (κ2) is 7.48. The lowest BCUT2D eigenvalue weighted by molar-refractivity contribution is 0.0742. The van der Waals surface area contributed by atoms with Crippen LogP contribution >= 0.6 is 0 Å². The number of aromatic nitrogens is 1. The Morgan fingerprint density at radius 2 is 1.96 bits per heavy atom. The van der Waals surface area contributed by atoms with Gasteiger partial charge in [-0.25, -0.2) is 8.42 Å². The number of carbonyl (C=O) groups excluding carboxylic acids is 2. The Bertz CT molecular complexity index is 988. The minimum atomic E-state index is -3.09. The third-order valence-electron chi connectivity index (χ3n) is 4.71. The fraction of sp³-hybridized carbons (Fsp3) is 0.316. The van der Waals surface area contributed by atoms with E-state index < -0.39 is 15.7 Å². The first kappa shape index (κ1) is 19.0. The lowest BCUT2D eigenvalue weighted by atomic mass is 10.1. The van der Waals surface area contributed by atoms with E-state index in [4.69, 9.17) is 0 Å². The van der Waals surface area contributed by atoms with Crippen LogP contribution < -0.4 is 5.32 Å². The minimum Gasteiger partial charge on any atom is -0.336 e. The topological polar surface area (TPSA) is 96.4 Å². The lowest BCUT2D eigenvalue weighted by Crippen LogP contribution is -2.38. The summed E-state index contributed by atoms with van der Waals surface area (Å²) in [6.07, 6.45) is 1.82. The molecule has 142 valence electrons. The molecule has 1 atom stereocenters. The molecule has 1 aliphatic heterocycles. The smallest absolute Gasteiger partial charge is 0.272 e. The summed E-state index contributed by atoms with van der Waals surface area (Å²) in [5, 5.41) is 2.82. The number of anilines is 1. The van der Waals surface area contributed by atoms with Crippen LogP contribution in [0.25, 0.3) is 0 Å². The van der Waals surface area contributed by atoms with E-state index in [9.17, 15) is 18.0 Å². The average molecular weight is 387 g/mol. The molecule has 0 bridgehead atoms. The van der Waals surface area contributed by atoms with Gasteiger partial charge >= 0.3 is 0 Å². The molecular weight excluding hydrogens is 366 g/mol. The highest BCUT2D eigenvalue weighted by Crippen LogP contribution is 2.19. The molecule has 27 heavy (non-hydrogen) atoms. The molecule has 1 fully saturated rings. The first-order chi connectivity index (χ1) is 12.8. The first-order valence-corrected chi connectivity index (χ1v) is 10.4. The summed E-state index contributed by atoms with van der Waals surface area (Å²) in [5.41, 5.74) is 2.04. The quantitative estimate of drug-likeness (QED) is 0.864. The van der Waals surface area contributed by atoms with E-state index in [-0.39, 0.29) is 29.1 Å². The molecular formula is C19H21N3O4S. The number of hydrogen-bond donors (Lipinski definition) is 1. The van der Waals surface area contributed by atoms with Crippen LogP contribution in [0.5, 0.6) is 0 Å². The van der Waals surface area contributed by atoms with E-state index >= 15 is 0 Å². The summed E-state index contributed by atoms with van der Waals surface area (Å²) in [4.78, 5) is 30.6. The predicted molar refractivity (Wildman–Crippen MR) is 103 cm³/mol. The average Bonchev–Trinajstić information content (AvgIpc) is 3.02. The second-order valence-corrected chi connectivity index (χ2v) is 8.90. The number of para-hydroxylation sites is 1. The van der Waals surface area contributed by atoms with E-state index in [2.05, 4.69) is 10.3 Å². The fourth-order valence-electron chi connectivity index (χ4n) is 3.02. The van der Waals surface area contributed by atoms with E-state index in [0.717, 1.165) is 5.56 Å². The van der Waals surface area contributed by atoms with Gasteiger partial charge in [-0.15, -0.1) is 0 Å². The maximum Gasteiger partial charge on any atom is 0.272 e. The maximum absolute atomic E-state index is 12.7. The number of rotatable bonds is 4. The van der Waals surface area contributed by atoms with Crippen molar-refractivity contribution >= 4 is 27.3 Å². The Morgan fingerprint density at radius 3 is 2.63 bits per heavy atom. The van der Waals surface area contributed by atoms with Gasteiger partial charge in [0.15, 0.2) is 9.84 Å². The van der Waals surface area contributed by atoms with Gasteiger partial charge < -0.3 is 10.2 Å².